The Morgan fingerprint density at radius 1 is 0.717 bits per heavy atom. The van der Waals surface area contributed by atoms with Crippen molar-refractivity contribution in [2.75, 3.05) is 13.3 Å². The number of benzene rings is 5. The van der Waals surface area contributed by atoms with E-state index in [1.807, 2.05) is 144 Å². The third-order valence-electron chi connectivity index (χ3n) is 9.55. The highest BCUT2D eigenvalue weighted by molar-refractivity contribution is 6.32. The molecule has 0 saturated heterocycles. The molecule has 5 aromatic rings. The number of carboxylic acid groups (broad SMARTS) is 1. The summed E-state index contributed by atoms with van der Waals surface area (Å²) in [7, 11) is 0. The maximum absolute atomic E-state index is 13.4. The molecule has 5 aromatic carbocycles. The number of hydrogen-bond donors (Lipinski definition) is 4. The number of rotatable bonds is 10. The van der Waals surface area contributed by atoms with Crippen LogP contribution in [0.2, 0.25) is 0 Å². The maximum Gasteiger partial charge on any atom is 0.426 e. The van der Waals surface area contributed by atoms with E-state index in [4.69, 9.17) is 9.47 Å². The first-order valence-corrected chi connectivity index (χ1v) is 17.1. The molecule has 0 bridgehead atoms. The molecule has 53 heavy (non-hydrogen) atoms. The van der Waals surface area contributed by atoms with Gasteiger partial charge in [0, 0.05) is 18.5 Å². The molecule has 1 heterocycles. The summed E-state index contributed by atoms with van der Waals surface area (Å²) in [4.78, 5) is 52.1. The van der Waals surface area contributed by atoms with E-state index in [2.05, 4.69) is 16.2 Å². The van der Waals surface area contributed by atoms with Gasteiger partial charge >= 0.3 is 18.0 Å². The Balaban J connectivity index is 1.09. The lowest BCUT2D eigenvalue weighted by Gasteiger charge is -2.42. The SMILES string of the molecule is O=C(NNC(=O)[C@@H](CC1=CN(C(c2ccccc2)(c2ccccc2)c2ccccc2)CO1)NC(=O)C(=O)O)OCC1c2ccccc2-c2ccccc21. The summed E-state index contributed by atoms with van der Waals surface area (Å²) < 4.78 is 11.6. The maximum atomic E-state index is 13.4. The van der Waals surface area contributed by atoms with Gasteiger partial charge in [0.15, 0.2) is 6.73 Å². The zero-order valence-electron chi connectivity index (χ0n) is 28.5. The van der Waals surface area contributed by atoms with Crippen LogP contribution in [0, 0.1) is 0 Å². The Kier molecular flexibility index (Phi) is 9.89. The summed E-state index contributed by atoms with van der Waals surface area (Å²) in [6.07, 6.45) is 0.617. The van der Waals surface area contributed by atoms with Crippen molar-refractivity contribution in [1.29, 1.82) is 0 Å². The van der Waals surface area contributed by atoms with Crippen LogP contribution in [0.1, 0.15) is 40.2 Å². The number of carbonyl (C=O) groups is 4. The van der Waals surface area contributed by atoms with Crippen molar-refractivity contribution in [2.45, 2.75) is 23.9 Å². The van der Waals surface area contributed by atoms with Gasteiger partial charge in [-0.25, -0.2) is 15.0 Å². The molecular formula is C42H36N4O7. The smallest absolute Gasteiger partial charge is 0.426 e. The van der Waals surface area contributed by atoms with Crippen LogP contribution in [0.25, 0.3) is 11.1 Å². The number of aliphatic carboxylic acids is 1. The first kappa shape index (κ1) is 34.6. The van der Waals surface area contributed by atoms with Crippen LogP contribution in [0.15, 0.2) is 151 Å². The first-order chi connectivity index (χ1) is 25.9. The molecule has 2 aliphatic rings. The molecule has 11 heteroatoms. The minimum atomic E-state index is -1.77. The highest BCUT2D eigenvalue weighted by Crippen LogP contribution is 2.45. The summed E-state index contributed by atoms with van der Waals surface area (Å²) in [5, 5.41) is 11.6. The van der Waals surface area contributed by atoms with Crippen molar-refractivity contribution >= 4 is 23.9 Å². The van der Waals surface area contributed by atoms with Crippen LogP contribution in [-0.2, 0) is 29.4 Å². The highest BCUT2D eigenvalue weighted by atomic mass is 16.6. The summed E-state index contributed by atoms with van der Waals surface area (Å²) in [5.74, 6) is -3.93. The van der Waals surface area contributed by atoms with Gasteiger partial charge in [0.1, 0.15) is 23.9 Å². The average molecular weight is 709 g/mol. The van der Waals surface area contributed by atoms with Crippen molar-refractivity contribution in [3.63, 3.8) is 0 Å². The number of nitrogens with one attached hydrogen (secondary N) is 3. The summed E-state index contributed by atoms with van der Waals surface area (Å²) in [6, 6.07) is 44.1. The number of carbonyl (C=O) groups excluding carboxylic acids is 3. The van der Waals surface area contributed by atoms with E-state index in [0.717, 1.165) is 38.9 Å². The van der Waals surface area contributed by atoms with Crippen LogP contribution < -0.4 is 16.2 Å². The van der Waals surface area contributed by atoms with Crippen LogP contribution >= 0.6 is 0 Å². The quantitative estimate of drug-likeness (QED) is 0.0829. The molecule has 0 fully saturated rings. The molecule has 1 atom stereocenters. The standard InChI is InChI=1S/C42H36N4O7/c47-38(44-45-41(51)52-26-36-34-22-12-10-20-32(34)33-21-11-13-23-35(33)36)37(43-39(48)40(49)50)24-31-25-46(27-53-31)42(28-14-4-1-5-15-28,29-16-6-2-7-17-29)30-18-8-3-9-19-30/h1-23,25,36-37H,24,26-27H2,(H,43,48)(H,44,47)(H,45,51)(H,49,50)/t37-/m1/s1. The molecule has 0 unspecified atom stereocenters. The van der Waals surface area contributed by atoms with E-state index in [-0.39, 0.29) is 25.7 Å². The van der Waals surface area contributed by atoms with E-state index in [1.165, 1.54) is 0 Å². The number of amides is 3. The molecule has 1 aliphatic heterocycles. The number of ether oxygens (including phenoxy) is 2. The van der Waals surface area contributed by atoms with Crippen LogP contribution in [-0.4, -0.2) is 53.3 Å². The second-order valence-corrected chi connectivity index (χ2v) is 12.6. The van der Waals surface area contributed by atoms with Gasteiger partial charge < -0.3 is 24.8 Å². The molecule has 0 radical (unpaired) electrons. The minimum absolute atomic E-state index is 0.0114. The molecular weight excluding hydrogens is 672 g/mol. The number of hydrogen-bond acceptors (Lipinski definition) is 7. The highest BCUT2D eigenvalue weighted by Gasteiger charge is 2.43. The minimum Gasteiger partial charge on any atom is -0.476 e. The lowest BCUT2D eigenvalue weighted by Crippen LogP contribution is -2.53. The van der Waals surface area contributed by atoms with Crippen molar-refractivity contribution in [3.8, 4) is 11.1 Å². The fourth-order valence-electron chi connectivity index (χ4n) is 7.21. The molecule has 1 aliphatic carbocycles. The van der Waals surface area contributed by atoms with Crippen LogP contribution in [0.5, 0.6) is 0 Å². The molecule has 7 rings (SSSR count). The van der Waals surface area contributed by atoms with Gasteiger partial charge in [0.2, 0.25) is 0 Å². The van der Waals surface area contributed by atoms with E-state index in [1.54, 1.807) is 6.20 Å². The molecule has 0 spiro atoms. The Hall–Kier alpha value is -6.88. The van der Waals surface area contributed by atoms with Crippen LogP contribution in [0.4, 0.5) is 4.79 Å². The largest absolute Gasteiger partial charge is 0.476 e. The Labute approximate surface area is 305 Å². The van der Waals surface area contributed by atoms with Crippen molar-refractivity contribution < 1.29 is 33.8 Å². The second-order valence-electron chi connectivity index (χ2n) is 12.6. The van der Waals surface area contributed by atoms with Gasteiger partial charge in [-0.15, -0.1) is 0 Å². The predicted octanol–water partition coefficient (Wildman–Crippen LogP) is 5.64. The van der Waals surface area contributed by atoms with Gasteiger partial charge in [-0.05, 0) is 38.9 Å². The monoisotopic (exact) mass is 708 g/mol. The Morgan fingerprint density at radius 3 is 1.72 bits per heavy atom. The van der Waals surface area contributed by atoms with E-state index >= 15 is 0 Å². The van der Waals surface area contributed by atoms with Gasteiger partial charge in [-0.3, -0.25) is 15.0 Å². The zero-order valence-corrected chi connectivity index (χ0v) is 28.5. The lowest BCUT2D eigenvalue weighted by atomic mass is 9.76. The number of hydrazine groups is 1. The molecule has 0 saturated carbocycles. The summed E-state index contributed by atoms with van der Waals surface area (Å²) in [6.45, 7) is 0.0880. The van der Waals surface area contributed by atoms with Gasteiger partial charge in [0.25, 0.3) is 5.91 Å². The molecule has 0 aromatic heterocycles. The van der Waals surface area contributed by atoms with Crippen molar-refractivity contribution in [2.24, 2.45) is 0 Å². The molecule has 4 N–H and O–H groups in total. The molecule has 3 amide bonds. The third-order valence-corrected chi connectivity index (χ3v) is 9.55. The van der Waals surface area contributed by atoms with E-state index in [9.17, 15) is 24.3 Å². The normalized spacial score (nSPS) is 13.8. The van der Waals surface area contributed by atoms with E-state index in [0.29, 0.717) is 5.76 Å². The average Bonchev–Trinajstić information content (AvgIpc) is 3.80. The van der Waals surface area contributed by atoms with Crippen molar-refractivity contribution in [3.05, 3.63) is 179 Å². The number of carboxylic acids is 1. The predicted molar refractivity (Wildman–Crippen MR) is 196 cm³/mol. The summed E-state index contributed by atoms with van der Waals surface area (Å²) >= 11 is 0. The van der Waals surface area contributed by atoms with Crippen LogP contribution in [0.3, 0.4) is 0 Å². The first-order valence-electron chi connectivity index (χ1n) is 17.1. The van der Waals surface area contributed by atoms with Gasteiger partial charge in [-0.2, -0.15) is 0 Å². The number of fused-ring (bicyclic) bond motifs is 3. The Morgan fingerprint density at radius 2 is 1.21 bits per heavy atom. The van der Waals surface area contributed by atoms with Gasteiger partial charge in [0.05, 0.1) is 0 Å². The molecule has 11 nitrogen and oxygen atoms in total. The lowest BCUT2D eigenvalue weighted by molar-refractivity contribution is -0.151. The van der Waals surface area contributed by atoms with Gasteiger partial charge in [-0.1, -0.05) is 140 Å². The number of nitrogens with zero attached hydrogens (tertiary/aromatic N) is 1. The topological polar surface area (TPSA) is 146 Å². The van der Waals surface area contributed by atoms with Crippen molar-refractivity contribution in [1.82, 2.24) is 21.1 Å². The Bertz CT molecular complexity index is 2020. The zero-order chi connectivity index (χ0) is 36.8. The van der Waals surface area contributed by atoms with E-state index < -0.39 is 35.5 Å². The fourth-order valence-corrected chi connectivity index (χ4v) is 7.21. The second kappa shape index (κ2) is 15.2. The summed E-state index contributed by atoms with van der Waals surface area (Å²) in [5.41, 5.74) is 10.7. The fraction of sp³-hybridized carbons (Fsp3) is 0.143. The molecule has 266 valence electrons. The third kappa shape index (κ3) is 6.92.